The molecule has 0 aliphatic carbocycles. The maximum Gasteiger partial charge on any atom is 0.246 e. The van der Waals surface area contributed by atoms with E-state index in [4.69, 9.17) is 0 Å². The normalized spacial score (nSPS) is 25.6. The summed E-state index contributed by atoms with van der Waals surface area (Å²) in [5, 5.41) is 2.83. The van der Waals surface area contributed by atoms with Crippen LogP contribution in [0.1, 0.15) is 41.0 Å². The van der Waals surface area contributed by atoms with Crippen LogP contribution in [0, 0.1) is 5.41 Å². The zero-order valence-electron chi connectivity index (χ0n) is 13.1. The van der Waals surface area contributed by atoms with Gasteiger partial charge in [0.15, 0.2) is 0 Å². The standard InChI is InChI=1S/C14H26N2O3S/c1-6-10-12(17)15-11(14(3,4)5)13(18)16(10)8-9-20(19)7-2/h10-11H,6-9H2,1-5H3,(H,15,17). The van der Waals surface area contributed by atoms with E-state index in [2.05, 4.69) is 5.32 Å². The van der Waals surface area contributed by atoms with Crippen molar-refractivity contribution in [1.82, 2.24) is 10.2 Å². The summed E-state index contributed by atoms with van der Waals surface area (Å²) in [7, 11) is -0.930. The van der Waals surface area contributed by atoms with Gasteiger partial charge < -0.3 is 10.2 Å². The van der Waals surface area contributed by atoms with E-state index in [0.717, 1.165) is 0 Å². The molecule has 3 atom stereocenters. The molecule has 116 valence electrons. The second-order valence-electron chi connectivity index (χ2n) is 6.20. The zero-order chi connectivity index (χ0) is 15.5. The van der Waals surface area contributed by atoms with E-state index in [-0.39, 0.29) is 17.2 Å². The van der Waals surface area contributed by atoms with Crippen molar-refractivity contribution in [3.05, 3.63) is 0 Å². The molecule has 0 aromatic rings. The molecule has 6 heteroatoms. The van der Waals surface area contributed by atoms with Gasteiger partial charge in [-0.2, -0.15) is 0 Å². The fourth-order valence-electron chi connectivity index (χ4n) is 2.36. The fourth-order valence-corrected chi connectivity index (χ4v) is 3.05. The molecule has 0 spiro atoms. The van der Waals surface area contributed by atoms with Crippen LogP contribution in [0.2, 0.25) is 0 Å². The van der Waals surface area contributed by atoms with E-state index in [1.54, 1.807) is 4.90 Å². The molecule has 0 aromatic heterocycles. The molecular formula is C14H26N2O3S. The minimum Gasteiger partial charge on any atom is -0.342 e. The van der Waals surface area contributed by atoms with Crippen molar-refractivity contribution < 1.29 is 13.8 Å². The molecule has 0 radical (unpaired) electrons. The third-order valence-corrected chi connectivity index (χ3v) is 4.91. The number of hydrogen-bond acceptors (Lipinski definition) is 3. The van der Waals surface area contributed by atoms with Gasteiger partial charge in [0.25, 0.3) is 0 Å². The lowest BCUT2D eigenvalue weighted by Crippen LogP contribution is -2.66. The largest absolute Gasteiger partial charge is 0.342 e. The molecule has 1 N–H and O–H groups in total. The quantitative estimate of drug-likeness (QED) is 0.821. The van der Waals surface area contributed by atoms with E-state index in [0.29, 0.717) is 24.5 Å². The first-order chi connectivity index (χ1) is 9.22. The van der Waals surface area contributed by atoms with Gasteiger partial charge in [-0.05, 0) is 11.8 Å². The van der Waals surface area contributed by atoms with Crippen molar-refractivity contribution in [2.75, 3.05) is 18.1 Å². The summed E-state index contributed by atoms with van der Waals surface area (Å²) in [6.45, 7) is 9.94. The summed E-state index contributed by atoms with van der Waals surface area (Å²) >= 11 is 0. The molecule has 1 heterocycles. The Morgan fingerprint density at radius 2 is 1.85 bits per heavy atom. The molecule has 1 fully saturated rings. The minimum atomic E-state index is -0.930. The summed E-state index contributed by atoms with van der Waals surface area (Å²) in [4.78, 5) is 26.4. The Kier molecular flexibility index (Phi) is 5.74. The van der Waals surface area contributed by atoms with Crippen LogP contribution in [-0.4, -0.2) is 51.1 Å². The molecule has 1 aliphatic heterocycles. The molecule has 2 amide bonds. The predicted molar refractivity (Wildman–Crippen MR) is 80.7 cm³/mol. The van der Waals surface area contributed by atoms with Crippen molar-refractivity contribution >= 4 is 22.6 Å². The molecule has 20 heavy (non-hydrogen) atoms. The summed E-state index contributed by atoms with van der Waals surface area (Å²) in [6.07, 6.45) is 0.577. The number of amides is 2. The Labute approximate surface area is 123 Å². The summed E-state index contributed by atoms with van der Waals surface area (Å²) in [6, 6.07) is -0.942. The van der Waals surface area contributed by atoms with Crippen LogP contribution in [-0.2, 0) is 20.4 Å². The minimum absolute atomic E-state index is 0.0583. The third-order valence-electron chi connectivity index (χ3n) is 3.63. The van der Waals surface area contributed by atoms with Gasteiger partial charge in [0.1, 0.15) is 12.1 Å². The van der Waals surface area contributed by atoms with E-state index in [1.807, 2.05) is 34.6 Å². The topological polar surface area (TPSA) is 66.5 Å². The Hall–Kier alpha value is -0.910. The van der Waals surface area contributed by atoms with E-state index >= 15 is 0 Å². The Balaban J connectivity index is 2.92. The highest BCUT2D eigenvalue weighted by Gasteiger charge is 2.44. The van der Waals surface area contributed by atoms with Crippen molar-refractivity contribution in [1.29, 1.82) is 0 Å². The van der Waals surface area contributed by atoms with Crippen molar-refractivity contribution in [2.45, 2.75) is 53.1 Å². The Bertz CT molecular complexity index is 404. The van der Waals surface area contributed by atoms with E-state index in [9.17, 15) is 13.8 Å². The molecule has 1 aliphatic rings. The van der Waals surface area contributed by atoms with Gasteiger partial charge in [0, 0.05) is 28.9 Å². The summed E-state index contributed by atoms with van der Waals surface area (Å²) < 4.78 is 11.6. The lowest BCUT2D eigenvalue weighted by atomic mass is 9.83. The maximum atomic E-state index is 12.6. The van der Waals surface area contributed by atoms with Gasteiger partial charge >= 0.3 is 0 Å². The average Bonchev–Trinajstić information content (AvgIpc) is 2.37. The van der Waals surface area contributed by atoms with E-state index in [1.165, 1.54) is 0 Å². The monoisotopic (exact) mass is 302 g/mol. The molecule has 0 saturated carbocycles. The Morgan fingerprint density at radius 3 is 2.30 bits per heavy atom. The predicted octanol–water partition coefficient (Wildman–Crippen LogP) is 0.907. The third kappa shape index (κ3) is 3.81. The van der Waals surface area contributed by atoms with Crippen LogP contribution in [0.4, 0.5) is 0 Å². The van der Waals surface area contributed by atoms with Gasteiger partial charge in [0.2, 0.25) is 11.8 Å². The van der Waals surface area contributed by atoms with Crippen LogP contribution in [0.5, 0.6) is 0 Å². The van der Waals surface area contributed by atoms with Crippen LogP contribution < -0.4 is 5.32 Å². The van der Waals surface area contributed by atoms with Crippen LogP contribution in [0.25, 0.3) is 0 Å². The molecule has 1 rings (SSSR count). The highest BCUT2D eigenvalue weighted by Crippen LogP contribution is 2.25. The van der Waals surface area contributed by atoms with Crippen LogP contribution in [0.3, 0.4) is 0 Å². The van der Waals surface area contributed by atoms with Crippen molar-refractivity contribution in [3.8, 4) is 0 Å². The van der Waals surface area contributed by atoms with Crippen LogP contribution >= 0.6 is 0 Å². The van der Waals surface area contributed by atoms with Gasteiger partial charge in [0.05, 0.1) is 0 Å². The first kappa shape index (κ1) is 17.1. The molecule has 1 saturated heterocycles. The smallest absolute Gasteiger partial charge is 0.246 e. The lowest BCUT2D eigenvalue weighted by Gasteiger charge is -2.43. The summed E-state index contributed by atoms with van der Waals surface area (Å²) in [5.41, 5.74) is -0.326. The van der Waals surface area contributed by atoms with Gasteiger partial charge in [-0.25, -0.2) is 0 Å². The second kappa shape index (κ2) is 6.70. The molecule has 0 aromatic carbocycles. The number of carbonyl (C=O) groups excluding carboxylic acids is 2. The highest BCUT2D eigenvalue weighted by atomic mass is 32.2. The number of hydrogen-bond donors (Lipinski definition) is 1. The zero-order valence-corrected chi connectivity index (χ0v) is 13.9. The van der Waals surface area contributed by atoms with Crippen LogP contribution in [0.15, 0.2) is 0 Å². The Morgan fingerprint density at radius 1 is 1.25 bits per heavy atom. The number of nitrogens with zero attached hydrogens (tertiary/aromatic N) is 1. The van der Waals surface area contributed by atoms with E-state index < -0.39 is 22.9 Å². The molecule has 0 bridgehead atoms. The average molecular weight is 302 g/mol. The lowest BCUT2D eigenvalue weighted by molar-refractivity contribution is -0.152. The van der Waals surface area contributed by atoms with Crippen molar-refractivity contribution in [2.24, 2.45) is 5.41 Å². The maximum absolute atomic E-state index is 12.6. The van der Waals surface area contributed by atoms with Gasteiger partial charge in [-0.15, -0.1) is 0 Å². The summed E-state index contributed by atoms with van der Waals surface area (Å²) in [5.74, 6) is 0.850. The van der Waals surface area contributed by atoms with Crippen molar-refractivity contribution in [3.63, 3.8) is 0 Å². The number of carbonyl (C=O) groups is 2. The first-order valence-corrected chi connectivity index (χ1v) is 8.67. The molecule has 5 nitrogen and oxygen atoms in total. The number of nitrogens with one attached hydrogen (secondary N) is 1. The number of rotatable bonds is 5. The molecule has 3 unspecified atom stereocenters. The highest BCUT2D eigenvalue weighted by molar-refractivity contribution is 7.84. The fraction of sp³-hybridized carbons (Fsp3) is 0.857. The second-order valence-corrected chi connectivity index (χ2v) is 8.06. The number of piperazine rings is 1. The molecular weight excluding hydrogens is 276 g/mol. The SMILES string of the molecule is CCC1C(=O)NC(C(C)(C)C)C(=O)N1CCS(=O)CC. The van der Waals surface area contributed by atoms with Gasteiger partial charge in [-0.1, -0.05) is 34.6 Å². The van der Waals surface area contributed by atoms with Gasteiger partial charge in [-0.3, -0.25) is 13.8 Å². The first-order valence-electron chi connectivity index (χ1n) is 7.18.